The minimum atomic E-state index is -1.01. The van der Waals surface area contributed by atoms with Crippen LogP contribution in [0.3, 0.4) is 0 Å². The molecule has 14 heteroatoms. The highest BCUT2D eigenvalue weighted by atomic mass is 32.2. The van der Waals surface area contributed by atoms with Crippen molar-refractivity contribution in [3.8, 4) is 6.07 Å². The molecule has 3 aliphatic heterocycles. The highest BCUT2D eigenvalue weighted by Gasteiger charge is 2.46. The first-order valence-electron chi connectivity index (χ1n) is 19.8. The third kappa shape index (κ3) is 6.75. The molecule has 2 N–H and O–H groups in total. The van der Waals surface area contributed by atoms with Gasteiger partial charge in [0.25, 0.3) is 11.8 Å². The van der Waals surface area contributed by atoms with E-state index in [1.165, 1.54) is 11.8 Å². The summed E-state index contributed by atoms with van der Waals surface area (Å²) in [5.74, 6) is -1.46. The number of nitriles is 1. The number of imide groups is 2. The number of aromatic amines is 1. The van der Waals surface area contributed by atoms with Crippen LogP contribution >= 0.6 is 11.8 Å². The molecule has 13 nitrogen and oxygen atoms in total. The second-order valence-electron chi connectivity index (χ2n) is 15.6. The van der Waals surface area contributed by atoms with Gasteiger partial charge in [-0.3, -0.25) is 39.0 Å². The number of hydrogen-bond acceptors (Lipinski definition) is 10. The Hall–Kier alpha value is -5.78. The summed E-state index contributed by atoms with van der Waals surface area (Å²) < 4.78 is 5.82. The van der Waals surface area contributed by atoms with Gasteiger partial charge in [-0.1, -0.05) is 32.9 Å². The molecular formula is C44H44N6O7S. The number of carbonyl (C=O) groups excluding carboxylic acids is 6. The largest absolute Gasteiger partial charge is 0.381 e. The summed E-state index contributed by atoms with van der Waals surface area (Å²) >= 11 is 1.43. The monoisotopic (exact) mass is 800 g/mol. The minimum Gasteiger partial charge on any atom is -0.381 e. The third-order valence-electron chi connectivity index (χ3n) is 11.9. The number of aromatic nitrogens is 1. The van der Waals surface area contributed by atoms with E-state index < -0.39 is 35.1 Å². The maximum atomic E-state index is 14.1. The first kappa shape index (κ1) is 39.1. The fourth-order valence-corrected chi connectivity index (χ4v) is 9.72. The fraction of sp³-hybridized carbons (Fsp3) is 0.386. The number of piperidine rings is 1. The highest BCUT2D eigenvalue weighted by molar-refractivity contribution is 7.99. The average Bonchev–Trinajstić information content (AvgIpc) is 3.74. The Kier molecular flexibility index (Phi) is 10.5. The van der Waals surface area contributed by atoms with Gasteiger partial charge in [-0.15, -0.1) is 11.8 Å². The second kappa shape index (κ2) is 15.5. The molecule has 1 aromatic heterocycles. The number of hydrogen-bond donors (Lipinski definition) is 2. The van der Waals surface area contributed by atoms with E-state index in [1.807, 2.05) is 11.0 Å². The maximum absolute atomic E-state index is 14.1. The lowest BCUT2D eigenvalue weighted by Gasteiger charge is -2.39. The van der Waals surface area contributed by atoms with Crippen molar-refractivity contribution in [1.82, 2.24) is 20.1 Å². The summed E-state index contributed by atoms with van der Waals surface area (Å²) in [6.45, 7) is 9.57. The summed E-state index contributed by atoms with van der Waals surface area (Å²) in [4.78, 5) is 87.0. The Bertz CT molecular complexity index is 2460. The first-order valence-corrected chi connectivity index (χ1v) is 20.8. The van der Waals surface area contributed by atoms with Crippen LogP contribution in [0.1, 0.15) is 105 Å². The number of carbonyl (C=O) groups is 6. The number of aryl methyl sites for hydroxylation is 1. The number of ketones is 1. The van der Waals surface area contributed by atoms with Crippen LogP contribution in [0.25, 0.3) is 10.9 Å². The average molecular weight is 801 g/mol. The van der Waals surface area contributed by atoms with Crippen LogP contribution in [0.5, 0.6) is 0 Å². The zero-order chi connectivity index (χ0) is 40.9. The van der Waals surface area contributed by atoms with Crippen molar-refractivity contribution in [2.75, 3.05) is 50.0 Å². The van der Waals surface area contributed by atoms with E-state index in [2.05, 4.69) is 54.2 Å². The second-order valence-corrected chi connectivity index (χ2v) is 16.8. The molecule has 0 bridgehead atoms. The number of ether oxygens (including phenoxy) is 1. The highest BCUT2D eigenvalue weighted by Crippen LogP contribution is 2.46. The van der Waals surface area contributed by atoms with Crippen molar-refractivity contribution in [2.45, 2.75) is 69.2 Å². The first-order chi connectivity index (χ1) is 27.9. The van der Waals surface area contributed by atoms with Gasteiger partial charge in [0, 0.05) is 83.1 Å². The van der Waals surface area contributed by atoms with Crippen molar-refractivity contribution in [2.24, 2.45) is 0 Å². The van der Waals surface area contributed by atoms with Crippen LogP contribution in [-0.4, -0.2) is 101 Å². The molecule has 0 radical (unpaired) electrons. The molecule has 58 heavy (non-hydrogen) atoms. The Morgan fingerprint density at radius 2 is 1.76 bits per heavy atom. The van der Waals surface area contributed by atoms with E-state index in [0.29, 0.717) is 73.2 Å². The molecule has 8 rings (SSSR count). The molecule has 2 saturated heterocycles. The summed E-state index contributed by atoms with van der Waals surface area (Å²) in [5, 5.41) is 12.5. The molecule has 1 aliphatic carbocycles. The quantitative estimate of drug-likeness (QED) is 0.118. The van der Waals surface area contributed by atoms with Crippen molar-refractivity contribution in [3.05, 3.63) is 93.2 Å². The maximum Gasteiger partial charge on any atom is 0.263 e. The van der Waals surface area contributed by atoms with Gasteiger partial charge in [0.1, 0.15) is 6.04 Å². The third-order valence-corrected chi connectivity index (χ3v) is 13.0. The molecular weight excluding hydrogens is 757 g/mol. The van der Waals surface area contributed by atoms with Crippen LogP contribution in [0.2, 0.25) is 0 Å². The summed E-state index contributed by atoms with van der Waals surface area (Å²) in [6.07, 6.45) is 1.85. The molecule has 4 heterocycles. The van der Waals surface area contributed by atoms with E-state index in [-0.39, 0.29) is 42.1 Å². The zero-order valence-electron chi connectivity index (χ0n) is 32.7. The number of thioether (sulfide) groups is 1. The summed E-state index contributed by atoms with van der Waals surface area (Å²) in [5.41, 5.74) is 6.77. The van der Waals surface area contributed by atoms with Crippen molar-refractivity contribution < 1.29 is 33.5 Å². The van der Waals surface area contributed by atoms with Gasteiger partial charge >= 0.3 is 0 Å². The Balaban J connectivity index is 0.820. The predicted molar refractivity (Wildman–Crippen MR) is 217 cm³/mol. The van der Waals surface area contributed by atoms with E-state index in [0.717, 1.165) is 44.7 Å². The van der Waals surface area contributed by atoms with Crippen molar-refractivity contribution >= 4 is 63.7 Å². The molecule has 1 unspecified atom stereocenters. The molecule has 298 valence electrons. The van der Waals surface area contributed by atoms with Crippen LogP contribution in [0.15, 0.2) is 53.4 Å². The number of H-pyrrole nitrogens is 1. The number of rotatable bonds is 11. The molecule has 1 atom stereocenters. The lowest BCUT2D eigenvalue weighted by molar-refractivity contribution is -0.136. The number of fused-ring (bicyclic) bond motifs is 5. The van der Waals surface area contributed by atoms with E-state index >= 15 is 0 Å². The summed E-state index contributed by atoms with van der Waals surface area (Å²) in [6, 6.07) is 15.9. The molecule has 2 fully saturated rings. The number of amides is 5. The van der Waals surface area contributed by atoms with Gasteiger partial charge < -0.3 is 19.5 Å². The number of benzene rings is 3. The van der Waals surface area contributed by atoms with Crippen LogP contribution in [0.4, 0.5) is 5.69 Å². The molecule has 0 saturated carbocycles. The SMILES string of the molecule is CCc1cc2c(cc1N1CCN(C(=O)CCOCCCSc3cccc4c3C(=O)N(C3CCC(=O)NC3=O)C4=O)CC1)C(C)(C)c1[nH]c3cc(C#N)ccc3c1C2=O. The van der Waals surface area contributed by atoms with E-state index in [4.69, 9.17) is 4.74 Å². The summed E-state index contributed by atoms with van der Waals surface area (Å²) in [7, 11) is 0. The van der Waals surface area contributed by atoms with Gasteiger partial charge in [0.2, 0.25) is 17.7 Å². The molecule has 5 amide bonds. The number of piperazine rings is 1. The van der Waals surface area contributed by atoms with Crippen molar-refractivity contribution in [1.29, 1.82) is 5.26 Å². The van der Waals surface area contributed by atoms with Crippen LogP contribution in [0, 0.1) is 11.3 Å². The minimum absolute atomic E-state index is 0.00783. The molecule has 4 aromatic rings. The number of anilines is 1. The standard InChI is InChI=1S/C44H44N6O7S/c1-4-26-22-29-30(44(2,3)40-38(39(29)53)27-10-9-25(24-45)21-31(27)46-40)23-33(26)48-14-16-49(17-15-48)36(52)13-19-57-18-6-20-58-34-8-5-7-28-37(34)43(56)50(42(28)55)32-11-12-35(51)47-41(32)54/h5,7-10,21-23,32,46H,4,6,11-20H2,1-3H3,(H,47,51,54). The molecule has 3 aromatic carbocycles. The van der Waals surface area contributed by atoms with Crippen molar-refractivity contribution in [3.63, 3.8) is 0 Å². The number of nitrogens with one attached hydrogen (secondary N) is 2. The molecule has 4 aliphatic rings. The van der Waals surface area contributed by atoms with Gasteiger partial charge in [-0.05, 0) is 66.8 Å². The molecule has 0 spiro atoms. The Morgan fingerprint density at radius 1 is 0.966 bits per heavy atom. The Labute approximate surface area is 340 Å². The topological polar surface area (TPSA) is 173 Å². The Morgan fingerprint density at radius 3 is 2.50 bits per heavy atom. The zero-order valence-corrected chi connectivity index (χ0v) is 33.6. The van der Waals surface area contributed by atoms with Gasteiger partial charge in [0.05, 0.1) is 41.4 Å². The smallest absolute Gasteiger partial charge is 0.263 e. The van der Waals surface area contributed by atoms with E-state index in [1.54, 1.807) is 30.3 Å². The van der Waals surface area contributed by atoms with Gasteiger partial charge in [0.15, 0.2) is 5.78 Å². The van der Waals surface area contributed by atoms with Gasteiger partial charge in [-0.2, -0.15) is 5.26 Å². The number of nitrogens with zero attached hydrogens (tertiary/aromatic N) is 4. The van der Waals surface area contributed by atoms with Crippen LogP contribution < -0.4 is 10.2 Å². The normalized spacial score (nSPS) is 18.6. The predicted octanol–water partition coefficient (Wildman–Crippen LogP) is 5.11. The van der Waals surface area contributed by atoms with Gasteiger partial charge in [-0.25, -0.2) is 0 Å². The van der Waals surface area contributed by atoms with Crippen LogP contribution in [-0.2, 0) is 31.0 Å². The fourth-order valence-electron chi connectivity index (χ4n) is 8.72. The lowest BCUT2D eigenvalue weighted by atomic mass is 9.70. The lowest BCUT2D eigenvalue weighted by Crippen LogP contribution is -2.54. The van der Waals surface area contributed by atoms with E-state index in [9.17, 15) is 34.0 Å².